The predicted molar refractivity (Wildman–Crippen MR) is 88.9 cm³/mol. The number of nitrogens with zero attached hydrogens (tertiary/aromatic N) is 4. The zero-order chi connectivity index (χ0) is 16.2. The molecule has 0 bridgehead atoms. The Hall–Kier alpha value is -2.50. The number of amides is 1. The van der Waals surface area contributed by atoms with Gasteiger partial charge in [0.25, 0.3) is 0 Å². The van der Waals surface area contributed by atoms with E-state index in [2.05, 4.69) is 27.2 Å². The molecule has 2 aromatic rings. The average molecular weight is 311 g/mol. The smallest absolute Gasteiger partial charge is 0.222 e. The van der Waals surface area contributed by atoms with Gasteiger partial charge in [-0.2, -0.15) is 0 Å². The Morgan fingerprint density at radius 3 is 2.78 bits per heavy atom. The van der Waals surface area contributed by atoms with Crippen molar-refractivity contribution in [2.45, 2.75) is 32.7 Å². The summed E-state index contributed by atoms with van der Waals surface area (Å²) in [7, 11) is 0. The molecule has 2 aromatic heterocycles. The van der Waals surface area contributed by atoms with Gasteiger partial charge in [0.15, 0.2) is 5.82 Å². The number of carbonyl (C=O) groups is 1. The second-order valence-corrected chi connectivity index (χ2v) is 5.94. The van der Waals surface area contributed by atoms with Crippen molar-refractivity contribution in [2.24, 2.45) is 0 Å². The second kappa shape index (κ2) is 6.73. The summed E-state index contributed by atoms with van der Waals surface area (Å²) in [6.45, 7) is 5.57. The van der Waals surface area contributed by atoms with E-state index in [0.717, 1.165) is 30.0 Å². The molecule has 1 fully saturated rings. The zero-order valence-electron chi connectivity index (χ0n) is 13.5. The fourth-order valence-corrected chi connectivity index (χ4v) is 2.80. The minimum absolute atomic E-state index is 0.136. The van der Waals surface area contributed by atoms with Gasteiger partial charge in [-0.3, -0.25) is 9.78 Å². The number of pyridine rings is 1. The molecule has 1 N–H and O–H groups in total. The number of anilines is 1. The van der Waals surface area contributed by atoms with Gasteiger partial charge in [0.2, 0.25) is 5.91 Å². The molecule has 3 heterocycles. The van der Waals surface area contributed by atoms with E-state index in [1.165, 1.54) is 0 Å². The first-order valence-corrected chi connectivity index (χ1v) is 7.92. The van der Waals surface area contributed by atoms with Crippen molar-refractivity contribution in [1.82, 2.24) is 19.9 Å². The summed E-state index contributed by atoms with van der Waals surface area (Å²) < 4.78 is 0. The molecular formula is C17H21N5O. The highest BCUT2D eigenvalue weighted by Gasteiger charge is 2.21. The van der Waals surface area contributed by atoms with E-state index in [9.17, 15) is 4.79 Å². The Kier molecular flexibility index (Phi) is 4.50. The third-order valence-electron chi connectivity index (χ3n) is 3.85. The first-order valence-electron chi connectivity index (χ1n) is 7.92. The topological polar surface area (TPSA) is 71.0 Å². The molecular weight excluding hydrogens is 290 g/mol. The molecule has 6 nitrogen and oxygen atoms in total. The third kappa shape index (κ3) is 3.83. The van der Waals surface area contributed by atoms with Crippen molar-refractivity contribution in [3.8, 4) is 11.4 Å². The van der Waals surface area contributed by atoms with Crippen molar-refractivity contribution in [3.05, 3.63) is 36.3 Å². The van der Waals surface area contributed by atoms with Gasteiger partial charge in [0.05, 0.1) is 0 Å². The van der Waals surface area contributed by atoms with Crippen molar-refractivity contribution in [3.63, 3.8) is 0 Å². The van der Waals surface area contributed by atoms with Gasteiger partial charge < -0.3 is 10.2 Å². The fraction of sp³-hybridized carbons (Fsp3) is 0.412. The maximum absolute atomic E-state index is 11.7. The largest absolute Gasteiger partial charge is 0.366 e. The van der Waals surface area contributed by atoms with Crippen LogP contribution in [0.15, 0.2) is 30.6 Å². The lowest BCUT2D eigenvalue weighted by molar-refractivity contribution is -0.127. The fourth-order valence-electron chi connectivity index (χ4n) is 2.80. The van der Waals surface area contributed by atoms with Gasteiger partial charge in [-0.25, -0.2) is 9.97 Å². The Labute approximate surface area is 136 Å². The van der Waals surface area contributed by atoms with Crippen LogP contribution in [0.1, 0.15) is 25.5 Å². The summed E-state index contributed by atoms with van der Waals surface area (Å²) in [5, 5.41) is 3.38. The number of hydrogen-bond donors (Lipinski definition) is 1. The van der Waals surface area contributed by atoms with E-state index < -0.39 is 0 Å². The molecule has 0 aliphatic carbocycles. The Bertz CT molecular complexity index is 689. The summed E-state index contributed by atoms with van der Waals surface area (Å²) in [6.07, 6.45) is 5.10. The normalized spacial score (nSPS) is 15.7. The van der Waals surface area contributed by atoms with E-state index in [4.69, 9.17) is 0 Å². The number of rotatable bonds is 5. The van der Waals surface area contributed by atoms with Crippen LogP contribution < -0.4 is 5.32 Å². The molecule has 6 heteroatoms. The highest BCUT2D eigenvalue weighted by Crippen LogP contribution is 2.18. The van der Waals surface area contributed by atoms with E-state index in [0.29, 0.717) is 18.8 Å². The lowest BCUT2D eigenvalue weighted by Crippen LogP contribution is -2.35. The molecule has 1 atom stereocenters. The lowest BCUT2D eigenvalue weighted by atomic mass is 10.2. The highest BCUT2D eigenvalue weighted by atomic mass is 16.2. The maximum atomic E-state index is 11.7. The lowest BCUT2D eigenvalue weighted by Gasteiger charge is -2.22. The summed E-state index contributed by atoms with van der Waals surface area (Å²) in [4.78, 5) is 26.7. The standard InChI is InChI=1S/C17H21N5O/c1-12-10-15(19-13(2)11-22-9-3-4-16(22)23)21-17(20-12)14-5-7-18-8-6-14/h5-8,10,13H,3-4,9,11H2,1-2H3,(H,19,20,21)/t13-/m1/s1. The second-order valence-electron chi connectivity index (χ2n) is 5.94. The van der Waals surface area contributed by atoms with Crippen LogP contribution >= 0.6 is 0 Å². The predicted octanol–water partition coefficient (Wildman–Crippen LogP) is 2.27. The molecule has 0 spiro atoms. The minimum atomic E-state index is 0.136. The number of aromatic nitrogens is 3. The molecule has 1 amide bonds. The van der Waals surface area contributed by atoms with Crippen LogP contribution in [0.25, 0.3) is 11.4 Å². The van der Waals surface area contributed by atoms with Crippen molar-refractivity contribution in [1.29, 1.82) is 0 Å². The molecule has 1 aliphatic heterocycles. The number of aryl methyl sites for hydroxylation is 1. The van der Waals surface area contributed by atoms with E-state index in [-0.39, 0.29) is 11.9 Å². The first-order chi connectivity index (χ1) is 11.1. The number of hydrogen-bond acceptors (Lipinski definition) is 5. The van der Waals surface area contributed by atoms with Gasteiger partial charge in [-0.15, -0.1) is 0 Å². The monoisotopic (exact) mass is 311 g/mol. The minimum Gasteiger partial charge on any atom is -0.366 e. The summed E-state index contributed by atoms with van der Waals surface area (Å²) in [5.74, 6) is 1.71. The van der Waals surface area contributed by atoms with Gasteiger partial charge in [-0.1, -0.05) is 0 Å². The Morgan fingerprint density at radius 1 is 1.30 bits per heavy atom. The number of carbonyl (C=O) groups excluding carboxylic acids is 1. The highest BCUT2D eigenvalue weighted by molar-refractivity contribution is 5.78. The van der Waals surface area contributed by atoms with Crippen LogP contribution in [-0.4, -0.2) is 44.9 Å². The molecule has 120 valence electrons. The van der Waals surface area contributed by atoms with Crippen molar-refractivity contribution in [2.75, 3.05) is 18.4 Å². The molecule has 3 rings (SSSR count). The van der Waals surface area contributed by atoms with Crippen molar-refractivity contribution < 1.29 is 4.79 Å². The van der Waals surface area contributed by atoms with Gasteiger partial charge >= 0.3 is 0 Å². The van der Waals surface area contributed by atoms with Gasteiger partial charge in [0, 0.05) is 55.3 Å². The first kappa shape index (κ1) is 15.4. The SMILES string of the molecule is Cc1cc(N[C@H](C)CN2CCCC2=O)nc(-c2ccncc2)n1. The Morgan fingerprint density at radius 2 is 2.09 bits per heavy atom. The molecule has 1 saturated heterocycles. The van der Waals surface area contributed by atoms with Crippen LogP contribution in [0.3, 0.4) is 0 Å². The van der Waals surface area contributed by atoms with Crippen LogP contribution in [-0.2, 0) is 4.79 Å². The van der Waals surface area contributed by atoms with E-state index in [1.54, 1.807) is 12.4 Å². The maximum Gasteiger partial charge on any atom is 0.222 e. The van der Waals surface area contributed by atoms with E-state index in [1.807, 2.05) is 30.0 Å². The van der Waals surface area contributed by atoms with Gasteiger partial charge in [0.1, 0.15) is 5.82 Å². The van der Waals surface area contributed by atoms with Crippen LogP contribution in [0.5, 0.6) is 0 Å². The summed E-state index contributed by atoms with van der Waals surface area (Å²) >= 11 is 0. The molecule has 0 radical (unpaired) electrons. The molecule has 23 heavy (non-hydrogen) atoms. The molecule has 0 saturated carbocycles. The molecule has 0 unspecified atom stereocenters. The van der Waals surface area contributed by atoms with Crippen molar-refractivity contribution >= 4 is 11.7 Å². The third-order valence-corrected chi connectivity index (χ3v) is 3.85. The molecule has 0 aromatic carbocycles. The quantitative estimate of drug-likeness (QED) is 0.917. The van der Waals surface area contributed by atoms with E-state index >= 15 is 0 Å². The van der Waals surface area contributed by atoms with Gasteiger partial charge in [-0.05, 0) is 32.4 Å². The Balaban J connectivity index is 1.72. The van der Waals surface area contributed by atoms with Crippen LogP contribution in [0.4, 0.5) is 5.82 Å². The molecule has 1 aliphatic rings. The average Bonchev–Trinajstić information content (AvgIpc) is 2.92. The summed E-state index contributed by atoms with van der Waals surface area (Å²) in [5.41, 5.74) is 1.84. The van der Waals surface area contributed by atoms with Crippen LogP contribution in [0.2, 0.25) is 0 Å². The number of nitrogens with one attached hydrogen (secondary N) is 1. The number of likely N-dealkylation sites (tertiary alicyclic amines) is 1. The zero-order valence-corrected chi connectivity index (χ0v) is 13.5. The van der Waals surface area contributed by atoms with Crippen LogP contribution in [0, 0.1) is 6.92 Å². The summed E-state index contributed by atoms with van der Waals surface area (Å²) in [6, 6.07) is 5.85.